The molecule has 1 aliphatic rings. The van der Waals surface area contributed by atoms with Gasteiger partial charge < -0.3 is 10.6 Å². The summed E-state index contributed by atoms with van der Waals surface area (Å²) in [5.74, 6) is 0. The average Bonchev–Trinajstić information content (AvgIpc) is 2.36. The van der Waals surface area contributed by atoms with Gasteiger partial charge in [0.15, 0.2) is 0 Å². The molecule has 1 aliphatic heterocycles. The number of aryl methyl sites for hydroxylation is 1. The first-order valence-corrected chi connectivity index (χ1v) is 6.41. The Morgan fingerprint density at radius 3 is 2.31 bits per heavy atom. The van der Waals surface area contributed by atoms with Crippen molar-refractivity contribution in [2.24, 2.45) is 0 Å². The summed E-state index contributed by atoms with van der Waals surface area (Å²) in [5, 5.41) is 7.89. The van der Waals surface area contributed by atoms with Gasteiger partial charge in [-0.05, 0) is 19.1 Å². The normalized spacial score (nSPS) is 16.1. The zero-order valence-electron chi connectivity index (χ0n) is 9.75. The molecule has 0 unspecified atom stereocenters. The molecule has 89 valence electrons. The van der Waals surface area contributed by atoms with E-state index in [1.807, 2.05) is 0 Å². The molecule has 2 rings (SSSR count). The van der Waals surface area contributed by atoms with Crippen LogP contribution in [0, 0.1) is 6.92 Å². The van der Waals surface area contributed by atoms with Crippen molar-refractivity contribution in [2.45, 2.75) is 25.8 Å². The topological polar surface area (TPSA) is 26.1 Å². The molecule has 0 saturated carbocycles. The van der Waals surface area contributed by atoms with Crippen LogP contribution < -0.4 is 5.32 Å². The van der Waals surface area contributed by atoms with Crippen LogP contribution in [0.25, 0.3) is 5.32 Å². The Morgan fingerprint density at radius 1 is 1.19 bits per heavy atom. The number of nitrogens with zero attached hydrogens (tertiary/aromatic N) is 1. The van der Waals surface area contributed by atoms with Crippen LogP contribution in [0.1, 0.15) is 18.4 Å². The molecule has 0 aliphatic carbocycles. The fourth-order valence-corrected chi connectivity index (χ4v) is 1.78. The molecule has 0 amide bonds. The van der Waals surface area contributed by atoms with E-state index in [2.05, 4.69) is 62.8 Å². The number of hydrogen-bond acceptors (Lipinski definition) is 1. The van der Waals surface area contributed by atoms with E-state index in [0.29, 0.717) is 6.04 Å². The molecular formula is C13H19MnN2-. The van der Waals surface area contributed by atoms with Crippen molar-refractivity contribution in [1.82, 2.24) is 0 Å². The van der Waals surface area contributed by atoms with Gasteiger partial charge in [-0.1, -0.05) is 30.5 Å². The standard InChI is InChI=1S/C12H17N2.CH2.Mn/c1-10-2-4-11(5-3-10)14-12-6-8-13-9-7-12;;/h2-5,12,14H,6-9H2,1H3;1H2;/q-1;;. The van der Waals surface area contributed by atoms with Gasteiger partial charge in [0, 0.05) is 11.7 Å². The Kier molecular flexibility index (Phi) is 6.39. The van der Waals surface area contributed by atoms with Crippen molar-refractivity contribution >= 4 is 11.1 Å². The molecule has 1 N–H and O–H groups in total. The summed E-state index contributed by atoms with van der Waals surface area (Å²) in [4.78, 5) is 0. The van der Waals surface area contributed by atoms with Gasteiger partial charge in [-0.25, -0.2) is 0 Å². The van der Waals surface area contributed by atoms with Crippen LogP contribution in [-0.2, 0) is 15.6 Å². The van der Waals surface area contributed by atoms with Crippen LogP contribution in [0.15, 0.2) is 24.3 Å². The Morgan fingerprint density at radius 2 is 1.75 bits per heavy atom. The predicted molar refractivity (Wildman–Crippen MR) is 68.0 cm³/mol. The van der Waals surface area contributed by atoms with Crippen LogP contribution in [-0.4, -0.2) is 24.6 Å². The maximum absolute atomic E-state index is 4.34. The summed E-state index contributed by atoms with van der Waals surface area (Å²) in [5.41, 5.74) is 5.61. The third-order valence-electron chi connectivity index (χ3n) is 2.69. The molecule has 3 heteroatoms. The predicted octanol–water partition coefficient (Wildman–Crippen LogP) is 2.91. The van der Waals surface area contributed by atoms with E-state index in [0.717, 1.165) is 13.1 Å². The van der Waals surface area contributed by atoms with Crippen molar-refractivity contribution in [3.05, 3.63) is 35.1 Å². The molecule has 0 bridgehead atoms. The SMILES string of the molecule is Cc1ccc(NC2CC[N-]CC2)cc1.[CH2]=[Mn]. The van der Waals surface area contributed by atoms with Gasteiger partial charge in [0.25, 0.3) is 0 Å². The molecule has 2 nitrogen and oxygen atoms in total. The fourth-order valence-electron chi connectivity index (χ4n) is 1.78. The van der Waals surface area contributed by atoms with Crippen molar-refractivity contribution < 1.29 is 15.6 Å². The number of hydrogen-bond donors (Lipinski definition) is 1. The van der Waals surface area contributed by atoms with Gasteiger partial charge in [-0.2, -0.15) is 0 Å². The molecule has 0 aromatic heterocycles. The molecule has 0 atom stereocenters. The van der Waals surface area contributed by atoms with E-state index >= 15 is 0 Å². The van der Waals surface area contributed by atoms with Gasteiger partial charge in [0.2, 0.25) is 0 Å². The van der Waals surface area contributed by atoms with Crippen molar-refractivity contribution in [3.63, 3.8) is 0 Å². The molecule has 0 radical (unpaired) electrons. The molecule has 0 spiro atoms. The Bertz CT molecular complexity index is 291. The number of nitrogens with one attached hydrogen (secondary N) is 1. The Balaban J connectivity index is 0.000000606. The molecule has 1 heterocycles. The van der Waals surface area contributed by atoms with Crippen molar-refractivity contribution in [3.8, 4) is 0 Å². The second-order valence-corrected chi connectivity index (χ2v) is 3.96. The average molecular weight is 258 g/mol. The van der Waals surface area contributed by atoms with Crippen molar-refractivity contribution in [2.75, 3.05) is 18.4 Å². The monoisotopic (exact) mass is 258 g/mol. The van der Waals surface area contributed by atoms with Gasteiger partial charge in [0.1, 0.15) is 0 Å². The van der Waals surface area contributed by atoms with Crippen LogP contribution >= 0.6 is 0 Å². The van der Waals surface area contributed by atoms with E-state index in [4.69, 9.17) is 0 Å². The number of piperidine rings is 1. The molecule has 1 aromatic carbocycles. The molecular weight excluding hydrogens is 239 g/mol. The summed E-state index contributed by atoms with van der Waals surface area (Å²) in [6.07, 6.45) is 2.35. The van der Waals surface area contributed by atoms with Gasteiger partial charge >= 0.3 is 21.0 Å². The Labute approximate surface area is 106 Å². The second kappa shape index (κ2) is 7.61. The van der Waals surface area contributed by atoms with Crippen LogP contribution in [0.3, 0.4) is 0 Å². The second-order valence-electron chi connectivity index (χ2n) is 3.96. The van der Waals surface area contributed by atoms with E-state index in [-0.39, 0.29) is 0 Å². The van der Waals surface area contributed by atoms with E-state index < -0.39 is 0 Å². The van der Waals surface area contributed by atoms with Crippen LogP contribution in [0.5, 0.6) is 0 Å². The summed E-state index contributed by atoms with van der Waals surface area (Å²) in [6.45, 7) is 4.15. The molecule has 16 heavy (non-hydrogen) atoms. The molecule has 1 saturated heterocycles. The van der Waals surface area contributed by atoms with Crippen LogP contribution in [0.4, 0.5) is 5.69 Å². The van der Waals surface area contributed by atoms with Gasteiger partial charge in [0.05, 0.1) is 0 Å². The van der Waals surface area contributed by atoms with Crippen molar-refractivity contribution in [1.29, 1.82) is 0 Å². The summed E-state index contributed by atoms with van der Waals surface area (Å²) in [6, 6.07) is 9.22. The van der Waals surface area contributed by atoms with E-state index in [9.17, 15) is 0 Å². The summed E-state index contributed by atoms with van der Waals surface area (Å²) < 4.78 is 0. The van der Waals surface area contributed by atoms with Crippen LogP contribution in [0.2, 0.25) is 0 Å². The molecule has 1 fully saturated rings. The quantitative estimate of drug-likeness (QED) is 0.811. The molecule has 1 aromatic rings. The Hall–Kier alpha value is -0.631. The number of benzene rings is 1. The minimum absolute atomic E-state index is 0.621. The van der Waals surface area contributed by atoms with Gasteiger partial charge in [-0.3, -0.25) is 0 Å². The maximum atomic E-state index is 4.34. The zero-order chi connectivity index (χ0) is 11.8. The first-order valence-electron chi connectivity index (χ1n) is 5.58. The third kappa shape index (κ3) is 4.48. The zero-order valence-corrected chi connectivity index (χ0v) is 10.9. The fraction of sp³-hybridized carbons (Fsp3) is 0.462. The minimum atomic E-state index is 0.621. The van der Waals surface area contributed by atoms with E-state index in [1.165, 1.54) is 24.1 Å². The number of anilines is 1. The first-order chi connectivity index (χ1) is 7.84. The summed E-state index contributed by atoms with van der Waals surface area (Å²) >= 11 is 2.69. The first kappa shape index (κ1) is 13.4. The summed E-state index contributed by atoms with van der Waals surface area (Å²) in [7, 11) is 0. The van der Waals surface area contributed by atoms with E-state index in [1.54, 1.807) is 0 Å². The third-order valence-corrected chi connectivity index (χ3v) is 2.69. The van der Waals surface area contributed by atoms with Gasteiger partial charge in [-0.15, -0.1) is 13.1 Å². The number of rotatable bonds is 2.